The van der Waals surface area contributed by atoms with Gasteiger partial charge in [0.15, 0.2) is 11.6 Å². The summed E-state index contributed by atoms with van der Waals surface area (Å²) in [6.45, 7) is 1.80. The second-order valence-corrected chi connectivity index (χ2v) is 9.60. The number of hydrogen-bond donors (Lipinski definition) is 2. The number of carbonyl (C=O) groups is 2. The van der Waals surface area contributed by atoms with Crippen molar-refractivity contribution in [2.24, 2.45) is 5.92 Å². The maximum atomic E-state index is 14.0. The molecular formula is C19H22FN5O6S. The number of benzene rings is 1. The van der Waals surface area contributed by atoms with Crippen LogP contribution in [0.15, 0.2) is 22.6 Å². The molecule has 1 aliphatic heterocycles. The van der Waals surface area contributed by atoms with Crippen LogP contribution in [0.4, 0.5) is 9.18 Å². The summed E-state index contributed by atoms with van der Waals surface area (Å²) in [6.07, 6.45) is 2.14. The zero-order chi connectivity index (χ0) is 22.9. The highest BCUT2D eigenvalue weighted by Gasteiger charge is 2.29. The Bertz CT molecular complexity index is 1130. The van der Waals surface area contributed by atoms with Gasteiger partial charge in [-0.25, -0.2) is 22.3 Å². The second-order valence-electron chi connectivity index (χ2n) is 7.84. The first kappa shape index (κ1) is 22.1. The molecule has 1 aliphatic carbocycles. The Kier molecular flexibility index (Phi) is 6.11. The molecule has 0 radical (unpaired) electrons. The van der Waals surface area contributed by atoms with E-state index < -0.39 is 39.6 Å². The fraction of sp³-hybridized carbons (Fsp3) is 0.474. The van der Waals surface area contributed by atoms with Gasteiger partial charge in [0.25, 0.3) is 0 Å². The summed E-state index contributed by atoms with van der Waals surface area (Å²) >= 11 is 0. The molecule has 2 aliphatic rings. The normalized spacial score (nSPS) is 17.5. The van der Waals surface area contributed by atoms with Crippen LogP contribution in [0.2, 0.25) is 0 Å². The van der Waals surface area contributed by atoms with E-state index in [1.54, 1.807) is 6.92 Å². The number of rotatable bonds is 10. The van der Waals surface area contributed by atoms with Gasteiger partial charge in [0.1, 0.15) is 18.8 Å². The summed E-state index contributed by atoms with van der Waals surface area (Å²) in [5.41, 5.74) is 0.539. The van der Waals surface area contributed by atoms with Gasteiger partial charge in [-0.15, -0.1) is 10.2 Å². The predicted octanol–water partition coefficient (Wildman–Crippen LogP) is 1.23. The van der Waals surface area contributed by atoms with Crippen LogP contribution >= 0.6 is 0 Å². The van der Waals surface area contributed by atoms with Crippen LogP contribution in [0.3, 0.4) is 0 Å². The van der Waals surface area contributed by atoms with Crippen LogP contribution in [0.25, 0.3) is 0 Å². The van der Waals surface area contributed by atoms with E-state index >= 15 is 0 Å². The highest BCUT2D eigenvalue weighted by molar-refractivity contribution is 7.88. The lowest BCUT2D eigenvalue weighted by atomic mass is 10.1. The predicted molar refractivity (Wildman–Crippen MR) is 107 cm³/mol. The molecule has 1 saturated heterocycles. The van der Waals surface area contributed by atoms with Crippen LogP contribution in [0, 0.1) is 11.7 Å². The largest absolute Gasteiger partial charge is 0.490 e. The first-order chi connectivity index (χ1) is 15.2. The number of carbonyl (C=O) groups excluding carboxylic acids is 2. The fourth-order valence-corrected chi connectivity index (χ4v) is 4.32. The van der Waals surface area contributed by atoms with Crippen molar-refractivity contribution in [3.63, 3.8) is 0 Å². The minimum atomic E-state index is -3.88. The van der Waals surface area contributed by atoms with E-state index in [0.717, 1.165) is 17.7 Å². The highest BCUT2D eigenvalue weighted by atomic mass is 32.2. The lowest BCUT2D eigenvalue weighted by Crippen LogP contribution is -2.28. The lowest BCUT2D eigenvalue weighted by Gasteiger charge is -2.15. The molecule has 11 nitrogen and oxygen atoms in total. The SMILES string of the molecule is C[C@@H](NS(=O)(=O)Cc1nnc(CN2CC(=O)NC2=O)o1)c1ccc(F)c(OCC2CC2)c1. The molecule has 0 bridgehead atoms. The fourth-order valence-electron chi connectivity index (χ4n) is 3.12. The third-order valence-electron chi connectivity index (χ3n) is 5.00. The van der Waals surface area contributed by atoms with Gasteiger partial charge in [0.05, 0.1) is 6.61 Å². The van der Waals surface area contributed by atoms with Gasteiger partial charge in [0, 0.05) is 6.04 Å². The summed E-state index contributed by atoms with van der Waals surface area (Å²) in [6, 6.07) is 2.96. The quantitative estimate of drug-likeness (QED) is 0.497. The van der Waals surface area contributed by atoms with Crippen molar-refractivity contribution in [1.29, 1.82) is 0 Å². The van der Waals surface area contributed by atoms with Crippen LogP contribution in [0.1, 0.15) is 43.2 Å². The lowest BCUT2D eigenvalue weighted by molar-refractivity contribution is -0.118. The van der Waals surface area contributed by atoms with Crippen molar-refractivity contribution < 1.29 is 31.6 Å². The number of aromatic nitrogens is 2. The highest BCUT2D eigenvalue weighted by Crippen LogP contribution is 2.31. The Hall–Kier alpha value is -3.06. The Morgan fingerprint density at radius 1 is 1.31 bits per heavy atom. The summed E-state index contributed by atoms with van der Waals surface area (Å²) in [4.78, 5) is 23.9. The topological polar surface area (TPSA) is 144 Å². The molecule has 1 atom stereocenters. The molecule has 32 heavy (non-hydrogen) atoms. The molecule has 3 amide bonds. The van der Waals surface area contributed by atoms with Crippen molar-refractivity contribution in [1.82, 2.24) is 25.1 Å². The summed E-state index contributed by atoms with van der Waals surface area (Å²) in [5, 5.41) is 9.53. The maximum absolute atomic E-state index is 14.0. The minimum Gasteiger partial charge on any atom is -0.490 e. The molecule has 0 spiro atoms. The smallest absolute Gasteiger partial charge is 0.325 e. The third kappa shape index (κ3) is 5.59. The number of nitrogens with one attached hydrogen (secondary N) is 2. The zero-order valence-corrected chi connectivity index (χ0v) is 18.0. The van der Waals surface area contributed by atoms with E-state index in [9.17, 15) is 22.4 Å². The number of hydrogen-bond acceptors (Lipinski definition) is 8. The van der Waals surface area contributed by atoms with E-state index in [4.69, 9.17) is 9.15 Å². The van der Waals surface area contributed by atoms with Gasteiger partial charge in [-0.2, -0.15) is 0 Å². The molecule has 4 rings (SSSR count). The first-order valence-electron chi connectivity index (χ1n) is 10.0. The average molecular weight is 467 g/mol. The van der Waals surface area contributed by atoms with E-state index in [0.29, 0.717) is 18.1 Å². The Morgan fingerprint density at radius 3 is 2.75 bits per heavy atom. The molecule has 1 aromatic heterocycles. The van der Waals surface area contributed by atoms with E-state index in [-0.39, 0.29) is 30.6 Å². The molecule has 0 unspecified atom stereocenters. The summed E-state index contributed by atoms with van der Waals surface area (Å²) < 4.78 is 52.4. The number of amides is 3. The van der Waals surface area contributed by atoms with Gasteiger partial charge in [-0.3, -0.25) is 10.1 Å². The first-order valence-corrected chi connectivity index (χ1v) is 11.7. The molecule has 2 fully saturated rings. The standard InChI is InChI=1S/C19H22FN5O6S/c1-11(13-4-5-14(20)15(6-13)30-9-12-2-3-12)24-32(28,29)10-18-23-22-17(31-18)8-25-7-16(26)21-19(25)27/h4-6,11-12,24H,2-3,7-10H2,1H3,(H,21,26,27)/t11-/m1/s1. The van der Waals surface area contributed by atoms with Gasteiger partial charge in [-0.1, -0.05) is 6.07 Å². The molecule has 13 heteroatoms. The van der Waals surface area contributed by atoms with Crippen molar-refractivity contribution in [3.8, 4) is 5.75 Å². The van der Waals surface area contributed by atoms with Crippen LogP contribution in [-0.2, 0) is 27.1 Å². The molecule has 172 valence electrons. The van der Waals surface area contributed by atoms with Crippen LogP contribution in [0.5, 0.6) is 5.75 Å². The third-order valence-corrected chi connectivity index (χ3v) is 6.34. The minimum absolute atomic E-state index is 0.00378. The number of ether oxygens (including phenoxy) is 1. The van der Waals surface area contributed by atoms with E-state index in [1.807, 2.05) is 0 Å². The molecule has 2 N–H and O–H groups in total. The van der Waals surface area contributed by atoms with Gasteiger partial charge in [-0.05, 0) is 43.4 Å². The molecule has 2 heterocycles. The van der Waals surface area contributed by atoms with Crippen LogP contribution in [-0.4, -0.2) is 48.6 Å². The average Bonchev–Trinajstić information content (AvgIpc) is 3.36. The number of nitrogens with zero attached hydrogens (tertiary/aromatic N) is 3. The van der Waals surface area contributed by atoms with E-state index in [1.165, 1.54) is 18.2 Å². The molecule has 1 aromatic carbocycles. The maximum Gasteiger partial charge on any atom is 0.325 e. The van der Waals surface area contributed by atoms with Crippen molar-refractivity contribution in [3.05, 3.63) is 41.4 Å². The second kappa shape index (κ2) is 8.82. The zero-order valence-electron chi connectivity index (χ0n) is 17.2. The number of imide groups is 1. The number of urea groups is 1. The monoisotopic (exact) mass is 467 g/mol. The molecule has 2 aromatic rings. The molecule has 1 saturated carbocycles. The number of sulfonamides is 1. The van der Waals surface area contributed by atoms with Crippen LogP contribution < -0.4 is 14.8 Å². The number of halogens is 1. The van der Waals surface area contributed by atoms with Gasteiger partial charge >= 0.3 is 6.03 Å². The van der Waals surface area contributed by atoms with E-state index in [2.05, 4.69) is 20.2 Å². The van der Waals surface area contributed by atoms with Crippen molar-refractivity contribution in [2.75, 3.05) is 13.2 Å². The van der Waals surface area contributed by atoms with Crippen molar-refractivity contribution >= 4 is 22.0 Å². The Morgan fingerprint density at radius 2 is 2.06 bits per heavy atom. The van der Waals surface area contributed by atoms with Gasteiger partial charge in [0.2, 0.25) is 27.7 Å². The summed E-state index contributed by atoms with van der Waals surface area (Å²) in [7, 11) is -3.88. The van der Waals surface area contributed by atoms with Gasteiger partial charge < -0.3 is 14.1 Å². The Labute approximate surface area is 183 Å². The summed E-state index contributed by atoms with van der Waals surface area (Å²) in [5.74, 6) is -1.15. The molecular weight excluding hydrogens is 445 g/mol. The Balaban J connectivity index is 1.36. The van der Waals surface area contributed by atoms with Crippen molar-refractivity contribution in [2.45, 2.75) is 38.1 Å².